The second-order valence-electron chi connectivity index (χ2n) is 9.25. The highest BCUT2D eigenvalue weighted by molar-refractivity contribution is 5.99. The van der Waals surface area contributed by atoms with Crippen LogP contribution in [0.3, 0.4) is 0 Å². The van der Waals surface area contributed by atoms with Gasteiger partial charge in [-0.3, -0.25) is 10.1 Å². The van der Waals surface area contributed by atoms with E-state index in [1.807, 2.05) is 39.0 Å². The number of hydrogen-bond acceptors (Lipinski definition) is 4. The minimum atomic E-state index is -1.14. The fourth-order valence-electron chi connectivity index (χ4n) is 3.74. The van der Waals surface area contributed by atoms with Gasteiger partial charge in [0, 0.05) is 18.0 Å². The third kappa shape index (κ3) is 4.76. The average molecular weight is 469 g/mol. The molecule has 0 radical (unpaired) electrons. The van der Waals surface area contributed by atoms with E-state index >= 15 is 0 Å². The van der Waals surface area contributed by atoms with Crippen LogP contribution in [-0.4, -0.2) is 27.8 Å². The standard InChI is InChI=1S/C24H26F2N6O2/c1-24(2,3)19-11-20(30-23(34)29-17-6-4-5-16(25)21(17)26)32(31-19)15-8-7-13-10-18(22(27)33)28-12-14(13)9-15/h4-9,11,18,28H,10,12H2,1-3H3,(H2,27,33)(H2,29,30,34)/t18-/m0/s1. The smallest absolute Gasteiger partial charge is 0.324 e. The second kappa shape index (κ2) is 8.86. The van der Waals surface area contributed by atoms with Gasteiger partial charge in [-0.2, -0.15) is 5.10 Å². The van der Waals surface area contributed by atoms with Gasteiger partial charge < -0.3 is 16.4 Å². The number of halogens is 2. The number of nitrogens with one attached hydrogen (secondary N) is 3. The Morgan fingerprint density at radius 3 is 2.59 bits per heavy atom. The quantitative estimate of drug-likeness (QED) is 0.469. The van der Waals surface area contributed by atoms with Crippen LogP contribution >= 0.6 is 0 Å². The summed E-state index contributed by atoms with van der Waals surface area (Å²) in [5.41, 5.74) is 8.25. The van der Waals surface area contributed by atoms with Crippen LogP contribution in [0, 0.1) is 11.6 Å². The molecule has 1 aliphatic heterocycles. The molecule has 0 bridgehead atoms. The van der Waals surface area contributed by atoms with Crippen LogP contribution in [0.15, 0.2) is 42.5 Å². The number of fused-ring (bicyclic) bond motifs is 1. The summed E-state index contributed by atoms with van der Waals surface area (Å²) in [6, 6.07) is 9.81. The molecule has 1 atom stereocenters. The van der Waals surface area contributed by atoms with Crippen LogP contribution in [0.25, 0.3) is 5.69 Å². The van der Waals surface area contributed by atoms with Crippen LogP contribution in [0.2, 0.25) is 0 Å². The zero-order valence-electron chi connectivity index (χ0n) is 19.1. The van der Waals surface area contributed by atoms with Crippen LogP contribution in [0.1, 0.15) is 37.6 Å². The Bertz CT molecular complexity index is 1260. The van der Waals surface area contributed by atoms with Gasteiger partial charge in [-0.1, -0.05) is 32.9 Å². The van der Waals surface area contributed by atoms with Crippen molar-refractivity contribution < 1.29 is 18.4 Å². The summed E-state index contributed by atoms with van der Waals surface area (Å²) in [6.07, 6.45) is 0.490. The molecule has 0 saturated heterocycles. The molecule has 2 heterocycles. The fourth-order valence-corrected chi connectivity index (χ4v) is 3.74. The molecule has 3 aromatic rings. The summed E-state index contributed by atoms with van der Waals surface area (Å²) in [5.74, 6) is -2.24. The number of anilines is 2. The molecule has 2 aromatic carbocycles. The van der Waals surface area contributed by atoms with Gasteiger partial charge in [-0.15, -0.1) is 0 Å². The number of rotatable bonds is 4. The number of benzene rings is 2. The molecule has 3 amide bonds. The highest BCUT2D eigenvalue weighted by Crippen LogP contribution is 2.28. The van der Waals surface area contributed by atoms with Crippen molar-refractivity contribution in [1.82, 2.24) is 15.1 Å². The SMILES string of the molecule is CC(C)(C)c1cc(NC(=O)Nc2cccc(F)c2F)n(-c2ccc3c(c2)CN[C@H](C(N)=O)C3)n1. The first kappa shape index (κ1) is 23.4. The maximum absolute atomic E-state index is 14.0. The van der Waals surface area contributed by atoms with Gasteiger partial charge in [-0.25, -0.2) is 18.3 Å². The van der Waals surface area contributed by atoms with Gasteiger partial charge in [0.1, 0.15) is 5.82 Å². The molecule has 0 saturated carbocycles. The van der Waals surface area contributed by atoms with Crippen molar-refractivity contribution >= 4 is 23.4 Å². The minimum Gasteiger partial charge on any atom is -0.368 e. The van der Waals surface area contributed by atoms with Crippen molar-refractivity contribution in [1.29, 1.82) is 0 Å². The van der Waals surface area contributed by atoms with Crippen LogP contribution in [0.4, 0.5) is 25.1 Å². The highest BCUT2D eigenvalue weighted by Gasteiger charge is 2.25. The Morgan fingerprint density at radius 2 is 1.88 bits per heavy atom. The van der Waals surface area contributed by atoms with Crippen molar-refractivity contribution in [2.45, 2.75) is 45.2 Å². The van der Waals surface area contributed by atoms with E-state index in [0.29, 0.717) is 24.5 Å². The first-order valence-corrected chi connectivity index (χ1v) is 10.8. The number of carbonyl (C=O) groups excluding carboxylic acids is 2. The van der Waals surface area contributed by atoms with Gasteiger partial charge in [0.25, 0.3) is 0 Å². The number of carbonyl (C=O) groups is 2. The Labute approximate surface area is 195 Å². The lowest BCUT2D eigenvalue weighted by atomic mass is 9.92. The second-order valence-corrected chi connectivity index (χ2v) is 9.25. The summed E-state index contributed by atoms with van der Waals surface area (Å²) in [5, 5.41) is 12.8. The van der Waals surface area contributed by atoms with Crippen molar-refractivity contribution in [3.05, 3.63) is 70.9 Å². The van der Waals surface area contributed by atoms with E-state index in [2.05, 4.69) is 21.0 Å². The van der Waals surface area contributed by atoms with Gasteiger partial charge >= 0.3 is 6.03 Å². The van der Waals surface area contributed by atoms with E-state index < -0.39 is 29.6 Å². The number of amides is 3. The zero-order valence-corrected chi connectivity index (χ0v) is 19.1. The average Bonchev–Trinajstić information content (AvgIpc) is 3.20. The number of primary amides is 1. The van der Waals surface area contributed by atoms with E-state index in [9.17, 15) is 18.4 Å². The predicted octanol–water partition coefficient (Wildman–Crippen LogP) is 3.59. The van der Waals surface area contributed by atoms with Crippen molar-refractivity contribution in [3.8, 4) is 5.69 Å². The fraction of sp³-hybridized carbons (Fsp3) is 0.292. The summed E-state index contributed by atoms with van der Waals surface area (Å²) in [6.45, 7) is 6.44. The number of nitrogens with two attached hydrogens (primary N) is 1. The Balaban J connectivity index is 1.64. The Hall–Kier alpha value is -3.79. The summed E-state index contributed by atoms with van der Waals surface area (Å²) < 4.78 is 29.1. The third-order valence-corrected chi connectivity index (χ3v) is 5.66. The molecule has 0 spiro atoms. The van der Waals surface area contributed by atoms with Crippen LogP contribution < -0.4 is 21.7 Å². The van der Waals surface area contributed by atoms with Crippen LogP contribution in [-0.2, 0) is 23.2 Å². The lowest BCUT2D eigenvalue weighted by molar-refractivity contribution is -0.120. The van der Waals surface area contributed by atoms with Crippen LogP contribution in [0.5, 0.6) is 0 Å². The monoisotopic (exact) mass is 468 g/mol. The van der Waals surface area contributed by atoms with E-state index in [1.165, 1.54) is 12.1 Å². The number of nitrogens with zero attached hydrogens (tertiary/aromatic N) is 2. The summed E-state index contributed by atoms with van der Waals surface area (Å²) in [4.78, 5) is 24.1. The van der Waals surface area contributed by atoms with Gasteiger partial charge in [0.15, 0.2) is 11.6 Å². The largest absolute Gasteiger partial charge is 0.368 e. The topological polar surface area (TPSA) is 114 Å². The molecular formula is C24H26F2N6O2. The van der Waals surface area contributed by atoms with E-state index in [1.54, 1.807) is 10.7 Å². The molecule has 34 heavy (non-hydrogen) atoms. The van der Waals surface area contributed by atoms with Gasteiger partial charge in [0.2, 0.25) is 5.91 Å². The van der Waals surface area contributed by atoms with Gasteiger partial charge in [0.05, 0.1) is 23.1 Å². The summed E-state index contributed by atoms with van der Waals surface area (Å²) >= 11 is 0. The zero-order chi connectivity index (χ0) is 24.6. The number of aromatic nitrogens is 2. The minimum absolute atomic E-state index is 0.275. The molecule has 1 aliphatic rings. The molecule has 1 aromatic heterocycles. The number of hydrogen-bond donors (Lipinski definition) is 4. The highest BCUT2D eigenvalue weighted by atomic mass is 19.2. The van der Waals surface area contributed by atoms with Crippen molar-refractivity contribution in [2.24, 2.45) is 5.73 Å². The molecule has 178 valence electrons. The van der Waals surface area contributed by atoms with Crippen molar-refractivity contribution in [2.75, 3.05) is 10.6 Å². The molecule has 0 unspecified atom stereocenters. The van der Waals surface area contributed by atoms with E-state index in [-0.39, 0.29) is 11.1 Å². The normalized spacial score (nSPS) is 15.5. The molecule has 0 fully saturated rings. The maximum atomic E-state index is 14.0. The predicted molar refractivity (Wildman–Crippen MR) is 125 cm³/mol. The first-order chi connectivity index (χ1) is 16.0. The van der Waals surface area contributed by atoms with Crippen molar-refractivity contribution in [3.63, 3.8) is 0 Å². The molecule has 8 nitrogen and oxygen atoms in total. The molecule has 5 N–H and O–H groups in total. The first-order valence-electron chi connectivity index (χ1n) is 10.8. The lowest BCUT2D eigenvalue weighted by Crippen LogP contribution is -2.45. The molecule has 4 rings (SSSR count). The maximum Gasteiger partial charge on any atom is 0.324 e. The third-order valence-electron chi connectivity index (χ3n) is 5.66. The summed E-state index contributed by atoms with van der Waals surface area (Å²) in [7, 11) is 0. The Kier molecular flexibility index (Phi) is 6.09. The Morgan fingerprint density at radius 1 is 1.12 bits per heavy atom. The van der Waals surface area contributed by atoms with E-state index in [4.69, 9.17) is 5.73 Å². The number of urea groups is 1. The van der Waals surface area contributed by atoms with E-state index in [0.717, 1.165) is 22.9 Å². The van der Waals surface area contributed by atoms with Gasteiger partial charge in [-0.05, 0) is 41.8 Å². The lowest BCUT2D eigenvalue weighted by Gasteiger charge is -2.24. The molecule has 0 aliphatic carbocycles. The molecular weight excluding hydrogens is 442 g/mol. The molecule has 10 heteroatoms.